The Morgan fingerprint density at radius 2 is 2.00 bits per heavy atom. The molecule has 1 saturated heterocycles. The number of urea groups is 1. The second-order valence-corrected chi connectivity index (χ2v) is 10.7. The zero-order valence-corrected chi connectivity index (χ0v) is 21.1. The van der Waals surface area contributed by atoms with Gasteiger partial charge >= 0.3 is 6.03 Å². The lowest BCUT2D eigenvalue weighted by Crippen LogP contribution is -2.53. The van der Waals surface area contributed by atoms with Crippen molar-refractivity contribution in [1.29, 1.82) is 0 Å². The number of benzene rings is 2. The van der Waals surface area contributed by atoms with Crippen LogP contribution >= 0.6 is 15.9 Å². The predicted molar refractivity (Wildman–Crippen MR) is 137 cm³/mol. The third kappa shape index (κ3) is 3.50. The van der Waals surface area contributed by atoms with Gasteiger partial charge in [-0.1, -0.05) is 40.2 Å². The van der Waals surface area contributed by atoms with Gasteiger partial charge in [-0.2, -0.15) is 0 Å². The molecule has 0 aliphatic carbocycles. The molecule has 2 N–H and O–H groups in total. The molecule has 2 atom stereocenters. The zero-order valence-electron chi connectivity index (χ0n) is 19.5. The van der Waals surface area contributed by atoms with E-state index >= 15 is 0 Å². The molecular weight excluding hydrogens is 508 g/mol. The number of imide groups is 1. The Kier molecular flexibility index (Phi) is 5.27. The fourth-order valence-corrected chi connectivity index (χ4v) is 6.22. The van der Waals surface area contributed by atoms with Gasteiger partial charge in [0.2, 0.25) is 0 Å². The number of carbonyl (C=O) groups excluding carboxylic acids is 2. The monoisotopic (exact) mass is 534 g/mol. The third-order valence-electron chi connectivity index (χ3n) is 7.60. The van der Waals surface area contributed by atoms with Crippen molar-refractivity contribution in [1.82, 2.24) is 19.7 Å². The SMILES string of the molecule is C[C@@]12Cc3c([nH]c4ccc(Br)cc34)[C@@H](c3cccc(O)c3)N1C(=O)N(CCN1CC=CCC1)C2=O. The van der Waals surface area contributed by atoms with Gasteiger partial charge in [0.05, 0.1) is 0 Å². The molecule has 0 unspecified atom stereocenters. The summed E-state index contributed by atoms with van der Waals surface area (Å²) < 4.78 is 0.958. The summed E-state index contributed by atoms with van der Waals surface area (Å²) in [5.74, 6) is -0.0293. The Hall–Kier alpha value is -3.10. The average molecular weight is 535 g/mol. The highest BCUT2D eigenvalue weighted by atomic mass is 79.9. The molecule has 3 aliphatic heterocycles. The summed E-state index contributed by atoms with van der Waals surface area (Å²) in [4.78, 5) is 36.7. The molecular formula is C27H27BrN4O3. The lowest BCUT2D eigenvalue weighted by atomic mass is 9.81. The van der Waals surface area contributed by atoms with Gasteiger partial charge in [-0.05, 0) is 54.8 Å². The van der Waals surface area contributed by atoms with E-state index in [4.69, 9.17) is 0 Å². The fraction of sp³-hybridized carbons (Fsp3) is 0.333. The number of hydrogen-bond donors (Lipinski definition) is 2. The smallest absolute Gasteiger partial charge is 0.328 e. The first-order valence-corrected chi connectivity index (χ1v) is 12.8. The van der Waals surface area contributed by atoms with Gasteiger partial charge in [-0.25, -0.2) is 4.79 Å². The molecule has 0 saturated carbocycles. The number of aromatic amines is 1. The molecule has 8 heteroatoms. The Balaban J connectivity index is 1.45. The van der Waals surface area contributed by atoms with Crippen molar-refractivity contribution in [2.75, 3.05) is 26.2 Å². The van der Waals surface area contributed by atoms with Gasteiger partial charge in [0.15, 0.2) is 0 Å². The van der Waals surface area contributed by atoms with Crippen LogP contribution in [0.2, 0.25) is 0 Å². The Morgan fingerprint density at radius 3 is 2.77 bits per heavy atom. The van der Waals surface area contributed by atoms with Crippen LogP contribution in [-0.4, -0.2) is 68.4 Å². The number of rotatable bonds is 4. The Labute approximate surface area is 212 Å². The topological polar surface area (TPSA) is 79.9 Å². The van der Waals surface area contributed by atoms with E-state index in [9.17, 15) is 14.7 Å². The van der Waals surface area contributed by atoms with Gasteiger partial charge in [0, 0.05) is 53.7 Å². The lowest BCUT2D eigenvalue weighted by Gasteiger charge is -2.42. The molecule has 3 aromatic rings. The van der Waals surface area contributed by atoms with Crippen molar-refractivity contribution in [2.24, 2.45) is 0 Å². The standard InChI is InChI=1S/C27H27BrN4O3/c1-27-16-21-20-15-18(28)8-9-22(20)29-23(21)24(17-6-5-7-19(33)14-17)32(27)26(35)31(25(27)34)13-12-30-10-3-2-4-11-30/h2-3,5-9,14-15,24,29,33H,4,10-13,16H2,1H3/t24-,27+/m1/s1. The van der Waals surface area contributed by atoms with E-state index in [-0.39, 0.29) is 17.7 Å². The minimum atomic E-state index is -1.01. The van der Waals surface area contributed by atoms with Crippen LogP contribution in [0, 0.1) is 0 Å². The van der Waals surface area contributed by atoms with Crippen molar-refractivity contribution in [2.45, 2.75) is 31.3 Å². The largest absolute Gasteiger partial charge is 0.508 e. The number of amides is 3. The summed E-state index contributed by atoms with van der Waals surface area (Å²) in [6.07, 6.45) is 5.72. The van der Waals surface area contributed by atoms with Crippen molar-refractivity contribution < 1.29 is 14.7 Å². The van der Waals surface area contributed by atoms with Gasteiger partial charge in [0.1, 0.15) is 17.3 Å². The predicted octanol–water partition coefficient (Wildman–Crippen LogP) is 4.57. The number of halogens is 1. The number of fused-ring (bicyclic) bond motifs is 4. The molecule has 35 heavy (non-hydrogen) atoms. The van der Waals surface area contributed by atoms with Crippen LogP contribution in [-0.2, 0) is 11.2 Å². The molecule has 0 spiro atoms. The van der Waals surface area contributed by atoms with Crippen molar-refractivity contribution >= 4 is 38.8 Å². The summed E-state index contributed by atoms with van der Waals surface area (Å²) in [6, 6.07) is 12.2. The molecule has 6 rings (SSSR count). The normalized spacial score (nSPS) is 24.3. The minimum Gasteiger partial charge on any atom is -0.508 e. The molecule has 180 valence electrons. The fourth-order valence-electron chi connectivity index (χ4n) is 5.86. The van der Waals surface area contributed by atoms with Gasteiger partial charge in [0.25, 0.3) is 5.91 Å². The maximum absolute atomic E-state index is 13.9. The third-order valence-corrected chi connectivity index (χ3v) is 8.09. The first kappa shape index (κ1) is 22.4. The van der Waals surface area contributed by atoms with E-state index in [0.29, 0.717) is 19.5 Å². The number of phenolic OH excluding ortho intramolecular Hbond substituents is 1. The van der Waals surface area contributed by atoms with Crippen LogP contribution in [0.25, 0.3) is 10.9 Å². The highest BCUT2D eigenvalue weighted by Gasteiger charge is 2.60. The maximum Gasteiger partial charge on any atom is 0.328 e. The number of carbonyl (C=O) groups is 2. The molecule has 0 radical (unpaired) electrons. The Bertz CT molecular complexity index is 1380. The van der Waals surface area contributed by atoms with E-state index in [0.717, 1.165) is 51.7 Å². The highest BCUT2D eigenvalue weighted by molar-refractivity contribution is 9.10. The van der Waals surface area contributed by atoms with Gasteiger partial charge < -0.3 is 10.1 Å². The zero-order chi connectivity index (χ0) is 24.3. The van der Waals surface area contributed by atoms with Crippen LogP contribution in [0.1, 0.15) is 36.2 Å². The second-order valence-electron chi connectivity index (χ2n) is 9.83. The molecule has 3 aliphatic rings. The van der Waals surface area contributed by atoms with Crippen LogP contribution in [0.4, 0.5) is 4.79 Å². The number of aromatic hydroxyl groups is 1. The molecule has 1 fully saturated rings. The summed E-state index contributed by atoms with van der Waals surface area (Å²) in [6.45, 7) is 4.68. The second kappa shape index (κ2) is 8.24. The van der Waals surface area contributed by atoms with Crippen molar-refractivity contribution in [3.05, 3.63) is 75.9 Å². The van der Waals surface area contributed by atoms with Crippen LogP contribution in [0.15, 0.2) is 59.1 Å². The van der Waals surface area contributed by atoms with E-state index in [2.05, 4.69) is 44.0 Å². The summed E-state index contributed by atoms with van der Waals surface area (Å²) in [5.41, 5.74) is 2.65. The molecule has 3 amide bonds. The first-order valence-electron chi connectivity index (χ1n) is 12.0. The number of nitrogens with zero attached hydrogens (tertiary/aromatic N) is 3. The van der Waals surface area contributed by atoms with Crippen LogP contribution in [0.5, 0.6) is 5.75 Å². The van der Waals surface area contributed by atoms with E-state index in [1.54, 1.807) is 23.1 Å². The van der Waals surface area contributed by atoms with Crippen LogP contribution < -0.4 is 0 Å². The number of H-pyrrole nitrogens is 1. The number of hydrogen-bond acceptors (Lipinski definition) is 4. The van der Waals surface area contributed by atoms with E-state index in [1.165, 1.54) is 4.90 Å². The quantitative estimate of drug-likeness (QED) is 0.379. The molecule has 7 nitrogen and oxygen atoms in total. The van der Waals surface area contributed by atoms with Gasteiger partial charge in [-0.3, -0.25) is 19.5 Å². The molecule has 2 aromatic carbocycles. The van der Waals surface area contributed by atoms with E-state index in [1.807, 2.05) is 25.1 Å². The maximum atomic E-state index is 13.9. The first-order chi connectivity index (χ1) is 16.9. The molecule has 4 heterocycles. The lowest BCUT2D eigenvalue weighted by molar-refractivity contribution is -0.133. The van der Waals surface area contributed by atoms with Crippen molar-refractivity contribution in [3.63, 3.8) is 0 Å². The summed E-state index contributed by atoms with van der Waals surface area (Å²) in [5, 5.41) is 11.3. The summed E-state index contributed by atoms with van der Waals surface area (Å²) >= 11 is 3.58. The molecule has 0 bridgehead atoms. The Morgan fingerprint density at radius 1 is 1.14 bits per heavy atom. The number of phenols is 1. The van der Waals surface area contributed by atoms with Gasteiger partial charge in [-0.15, -0.1) is 0 Å². The van der Waals surface area contributed by atoms with E-state index < -0.39 is 11.6 Å². The molecule has 1 aromatic heterocycles. The summed E-state index contributed by atoms with van der Waals surface area (Å²) in [7, 11) is 0. The number of nitrogens with one attached hydrogen (secondary N) is 1. The average Bonchev–Trinajstić information content (AvgIpc) is 3.28. The van der Waals surface area contributed by atoms with Crippen LogP contribution in [0.3, 0.4) is 0 Å². The minimum absolute atomic E-state index is 0.128. The number of aromatic nitrogens is 1. The van der Waals surface area contributed by atoms with Crippen molar-refractivity contribution in [3.8, 4) is 5.75 Å². The highest BCUT2D eigenvalue weighted by Crippen LogP contribution is 2.49.